The van der Waals surface area contributed by atoms with Gasteiger partial charge in [-0.05, 0) is 11.1 Å². The lowest BCUT2D eigenvalue weighted by atomic mass is 10.1. The van der Waals surface area contributed by atoms with Gasteiger partial charge in [0.1, 0.15) is 13.6 Å². The van der Waals surface area contributed by atoms with Crippen molar-refractivity contribution in [1.29, 1.82) is 0 Å². The molecule has 0 aromatic heterocycles. The first-order valence-electron chi connectivity index (χ1n) is 6.86. The number of hydrogen-bond donors (Lipinski definition) is 0. The Morgan fingerprint density at radius 2 is 0.773 bits per heavy atom. The Labute approximate surface area is 133 Å². The maximum absolute atomic E-state index is 4.47. The van der Waals surface area contributed by atoms with Gasteiger partial charge in [-0.2, -0.15) is 0 Å². The van der Waals surface area contributed by atoms with Crippen LogP contribution in [0.1, 0.15) is 0 Å². The summed E-state index contributed by atoms with van der Waals surface area (Å²) in [4.78, 5) is 0. The topological polar surface area (TPSA) is 36.9 Å². The monoisotopic (exact) mass is 306 g/mol. The third kappa shape index (κ3) is 11.0. The second-order valence-corrected chi connectivity index (χ2v) is 4.12. The highest BCUT2D eigenvalue weighted by Gasteiger charge is 1.91. The van der Waals surface area contributed by atoms with Crippen molar-refractivity contribution < 1.29 is 18.9 Å². The second-order valence-electron chi connectivity index (χ2n) is 4.12. The summed E-state index contributed by atoms with van der Waals surface area (Å²) < 4.78 is 17.9. The van der Waals surface area contributed by atoms with Crippen LogP contribution in [0.5, 0.6) is 0 Å². The van der Waals surface area contributed by atoms with Gasteiger partial charge in [-0.3, -0.25) is 0 Å². The molecule has 0 amide bonds. The molecule has 0 spiro atoms. The van der Waals surface area contributed by atoms with Crippen molar-refractivity contribution in [3.8, 4) is 11.1 Å². The van der Waals surface area contributed by atoms with Crippen molar-refractivity contribution in [2.45, 2.75) is 0 Å². The molecular formula is C18H26O4. The van der Waals surface area contributed by atoms with Gasteiger partial charge in [0, 0.05) is 28.4 Å². The van der Waals surface area contributed by atoms with Crippen molar-refractivity contribution in [2.75, 3.05) is 42.0 Å². The molecule has 2 rings (SSSR count). The number of methoxy groups -OCH3 is 4. The number of benzene rings is 2. The molecule has 0 N–H and O–H groups in total. The summed E-state index contributed by atoms with van der Waals surface area (Å²) in [6.45, 7) is 0.778. The van der Waals surface area contributed by atoms with Crippen molar-refractivity contribution in [1.82, 2.24) is 0 Å². The molecular weight excluding hydrogens is 280 g/mol. The molecule has 4 heteroatoms. The maximum atomic E-state index is 4.47. The molecule has 0 aliphatic heterocycles. The lowest BCUT2D eigenvalue weighted by Crippen LogP contribution is -1.87. The predicted octanol–water partition coefficient (Wildman–Crippen LogP) is 3.83. The molecule has 0 radical (unpaired) electrons. The van der Waals surface area contributed by atoms with E-state index in [0.717, 1.165) is 0 Å². The highest BCUT2D eigenvalue weighted by Crippen LogP contribution is 2.17. The molecule has 0 saturated heterocycles. The van der Waals surface area contributed by atoms with Gasteiger partial charge >= 0.3 is 0 Å². The van der Waals surface area contributed by atoms with Crippen LogP contribution < -0.4 is 0 Å². The van der Waals surface area contributed by atoms with Crippen molar-refractivity contribution in [3.05, 3.63) is 60.7 Å². The van der Waals surface area contributed by atoms with Gasteiger partial charge in [-0.1, -0.05) is 60.7 Å². The summed E-state index contributed by atoms with van der Waals surface area (Å²) in [5.74, 6) is 0. The van der Waals surface area contributed by atoms with Crippen LogP contribution in [-0.2, 0) is 18.9 Å². The Bertz CT molecular complexity index is 384. The largest absolute Gasteiger partial charge is 0.359 e. The predicted molar refractivity (Wildman–Crippen MR) is 89.6 cm³/mol. The summed E-state index contributed by atoms with van der Waals surface area (Å²) in [5.41, 5.74) is 2.55. The van der Waals surface area contributed by atoms with Gasteiger partial charge in [0.15, 0.2) is 0 Å². The van der Waals surface area contributed by atoms with E-state index in [2.05, 4.69) is 67.5 Å². The lowest BCUT2D eigenvalue weighted by molar-refractivity contribution is -0.00282. The average Bonchev–Trinajstić information content (AvgIpc) is 2.59. The van der Waals surface area contributed by atoms with Crippen molar-refractivity contribution in [2.24, 2.45) is 0 Å². The molecule has 122 valence electrons. The maximum Gasteiger partial charge on any atom is 0.145 e. The van der Waals surface area contributed by atoms with E-state index in [1.165, 1.54) is 11.1 Å². The molecule has 0 saturated carbocycles. The van der Waals surface area contributed by atoms with Crippen LogP contribution in [0.25, 0.3) is 11.1 Å². The summed E-state index contributed by atoms with van der Waals surface area (Å²) in [6, 6.07) is 20.8. The Hall–Kier alpha value is -1.72. The van der Waals surface area contributed by atoms with E-state index in [1.807, 2.05) is 12.1 Å². The molecule has 0 aliphatic carbocycles. The van der Waals surface area contributed by atoms with E-state index in [0.29, 0.717) is 13.6 Å². The minimum absolute atomic E-state index is 0.389. The number of hydrogen-bond acceptors (Lipinski definition) is 4. The smallest absolute Gasteiger partial charge is 0.145 e. The zero-order chi connectivity index (χ0) is 16.5. The third-order valence-electron chi connectivity index (χ3n) is 2.35. The first-order valence-corrected chi connectivity index (χ1v) is 6.86. The Morgan fingerprint density at radius 1 is 0.500 bits per heavy atom. The fraction of sp³-hybridized carbons (Fsp3) is 0.333. The standard InChI is InChI=1S/C12H10.2C3H8O2/c1-3-7-11(8-4-1)12-9-5-2-6-10-12;2*1-4-3-5-2/h1-10H;2*3H2,1-2H3. The Balaban J connectivity index is 0.000000372. The molecule has 0 aliphatic rings. The van der Waals surface area contributed by atoms with E-state index in [9.17, 15) is 0 Å². The van der Waals surface area contributed by atoms with Crippen molar-refractivity contribution >= 4 is 0 Å². The molecule has 0 bridgehead atoms. The SMILES string of the molecule is COCOC.COCOC.c1ccc(-c2ccccc2)cc1. The zero-order valence-corrected chi connectivity index (χ0v) is 13.8. The number of rotatable bonds is 5. The molecule has 2 aromatic rings. The number of ether oxygens (including phenoxy) is 4. The van der Waals surface area contributed by atoms with E-state index < -0.39 is 0 Å². The van der Waals surface area contributed by atoms with Crippen LogP contribution >= 0.6 is 0 Å². The van der Waals surface area contributed by atoms with E-state index in [1.54, 1.807) is 28.4 Å². The fourth-order valence-corrected chi connectivity index (χ4v) is 1.50. The molecule has 0 unspecified atom stereocenters. The van der Waals surface area contributed by atoms with Crippen LogP contribution in [0.15, 0.2) is 60.7 Å². The molecule has 4 nitrogen and oxygen atoms in total. The van der Waals surface area contributed by atoms with Gasteiger partial charge < -0.3 is 18.9 Å². The fourth-order valence-electron chi connectivity index (χ4n) is 1.50. The van der Waals surface area contributed by atoms with E-state index in [4.69, 9.17) is 0 Å². The highest BCUT2D eigenvalue weighted by atomic mass is 16.7. The van der Waals surface area contributed by atoms with Crippen molar-refractivity contribution in [3.63, 3.8) is 0 Å². The molecule has 2 aromatic carbocycles. The summed E-state index contributed by atoms with van der Waals surface area (Å²) in [7, 11) is 6.35. The van der Waals surface area contributed by atoms with Crippen LogP contribution in [0, 0.1) is 0 Å². The molecule has 22 heavy (non-hydrogen) atoms. The van der Waals surface area contributed by atoms with Gasteiger partial charge in [0.05, 0.1) is 0 Å². The van der Waals surface area contributed by atoms with Gasteiger partial charge in [0.25, 0.3) is 0 Å². The normalized spacial score (nSPS) is 9.09. The quantitative estimate of drug-likeness (QED) is 0.787. The molecule has 0 heterocycles. The summed E-state index contributed by atoms with van der Waals surface area (Å²) >= 11 is 0. The van der Waals surface area contributed by atoms with Crippen LogP contribution in [-0.4, -0.2) is 42.0 Å². The van der Waals surface area contributed by atoms with E-state index in [-0.39, 0.29) is 0 Å². The summed E-state index contributed by atoms with van der Waals surface area (Å²) in [6.07, 6.45) is 0. The molecule has 0 fully saturated rings. The van der Waals surface area contributed by atoms with Crippen LogP contribution in [0.3, 0.4) is 0 Å². The molecule has 0 atom stereocenters. The first kappa shape index (κ1) is 20.3. The Kier molecular flexibility index (Phi) is 14.4. The van der Waals surface area contributed by atoms with Gasteiger partial charge in [-0.15, -0.1) is 0 Å². The second kappa shape index (κ2) is 15.7. The Morgan fingerprint density at radius 3 is 0.955 bits per heavy atom. The first-order chi connectivity index (χ1) is 10.8. The van der Waals surface area contributed by atoms with E-state index >= 15 is 0 Å². The van der Waals surface area contributed by atoms with Gasteiger partial charge in [0.2, 0.25) is 0 Å². The minimum Gasteiger partial charge on any atom is -0.359 e. The zero-order valence-electron chi connectivity index (χ0n) is 13.8. The van der Waals surface area contributed by atoms with Gasteiger partial charge in [-0.25, -0.2) is 0 Å². The third-order valence-corrected chi connectivity index (χ3v) is 2.35. The van der Waals surface area contributed by atoms with Crippen LogP contribution in [0.2, 0.25) is 0 Å². The summed E-state index contributed by atoms with van der Waals surface area (Å²) in [5, 5.41) is 0. The minimum atomic E-state index is 0.389. The highest BCUT2D eigenvalue weighted by molar-refractivity contribution is 5.62. The lowest BCUT2D eigenvalue weighted by Gasteiger charge is -1.98. The van der Waals surface area contributed by atoms with Crippen LogP contribution in [0.4, 0.5) is 0 Å². The average molecular weight is 306 g/mol.